The zero-order chi connectivity index (χ0) is 18.4. The summed E-state index contributed by atoms with van der Waals surface area (Å²) >= 11 is 0. The molecule has 2 heterocycles. The van der Waals surface area contributed by atoms with Gasteiger partial charge in [0.05, 0.1) is 11.1 Å². The van der Waals surface area contributed by atoms with Crippen molar-refractivity contribution in [3.8, 4) is 11.3 Å². The van der Waals surface area contributed by atoms with Crippen LogP contribution < -0.4 is 10.9 Å². The van der Waals surface area contributed by atoms with Crippen LogP contribution in [-0.4, -0.2) is 24.2 Å². The molecule has 3 aromatic rings. The number of ether oxygens (including phenoxy) is 1. The summed E-state index contributed by atoms with van der Waals surface area (Å²) in [6.07, 6.45) is 2.84. The molecule has 0 atom stereocenters. The van der Waals surface area contributed by atoms with E-state index in [9.17, 15) is 9.18 Å². The average molecular weight is 364 g/mol. The van der Waals surface area contributed by atoms with Crippen LogP contribution in [0.25, 0.3) is 22.0 Å². The van der Waals surface area contributed by atoms with Gasteiger partial charge in [-0.2, -0.15) is 0 Å². The largest absolute Gasteiger partial charge is 0.381 e. The summed E-state index contributed by atoms with van der Waals surface area (Å²) in [5, 5.41) is 4.91. The lowest BCUT2D eigenvalue weighted by Gasteiger charge is -2.23. The van der Waals surface area contributed by atoms with Crippen LogP contribution in [0.1, 0.15) is 29.5 Å². The second kappa shape index (κ2) is 6.59. The number of fused-ring (bicyclic) bond motifs is 5. The maximum atomic E-state index is 13.6. The van der Waals surface area contributed by atoms with Crippen molar-refractivity contribution < 1.29 is 9.13 Å². The van der Waals surface area contributed by atoms with Gasteiger partial charge >= 0.3 is 0 Å². The Kier molecular flexibility index (Phi) is 4.06. The second-order valence-corrected chi connectivity index (χ2v) is 7.39. The molecule has 2 aliphatic rings. The van der Waals surface area contributed by atoms with Crippen LogP contribution >= 0.6 is 0 Å². The molecule has 0 spiro atoms. The molecule has 0 bridgehead atoms. The Balaban J connectivity index is 1.52. The lowest BCUT2D eigenvalue weighted by molar-refractivity contribution is 0.0776. The van der Waals surface area contributed by atoms with Crippen molar-refractivity contribution in [3.05, 3.63) is 69.3 Å². The van der Waals surface area contributed by atoms with Crippen LogP contribution in [0.15, 0.2) is 41.2 Å². The van der Waals surface area contributed by atoms with Crippen molar-refractivity contribution in [2.45, 2.75) is 31.8 Å². The maximum absolute atomic E-state index is 13.6. The number of hydrogen-bond donors (Lipinski definition) is 2. The van der Waals surface area contributed by atoms with E-state index in [4.69, 9.17) is 4.74 Å². The predicted octanol–water partition coefficient (Wildman–Crippen LogP) is 3.51. The fourth-order valence-electron chi connectivity index (χ4n) is 4.35. The van der Waals surface area contributed by atoms with Crippen molar-refractivity contribution in [2.75, 3.05) is 13.2 Å². The van der Waals surface area contributed by atoms with Gasteiger partial charge in [0.1, 0.15) is 5.82 Å². The number of benzene rings is 2. The Hall–Kier alpha value is -2.50. The van der Waals surface area contributed by atoms with Crippen molar-refractivity contribution in [2.24, 2.45) is 0 Å². The zero-order valence-electron chi connectivity index (χ0n) is 15.0. The van der Waals surface area contributed by atoms with Crippen LogP contribution in [-0.2, 0) is 17.7 Å². The number of halogens is 1. The standard InChI is InChI=1S/C22H21FN2O2/c23-14-4-5-16-19-11-18-13(12-24-15-6-8-27-9-7-15)2-1-3-17(18)21(19)25-22(26)20(16)10-14/h1-5,10,15,24H,6-9,11-12H2,(H,25,26). The highest BCUT2D eigenvalue weighted by Crippen LogP contribution is 2.39. The third kappa shape index (κ3) is 2.87. The fourth-order valence-corrected chi connectivity index (χ4v) is 4.35. The number of aromatic nitrogens is 1. The Morgan fingerprint density at radius 1 is 1.11 bits per heavy atom. The van der Waals surface area contributed by atoms with Crippen LogP contribution in [0.5, 0.6) is 0 Å². The first-order valence-electron chi connectivity index (χ1n) is 9.47. The van der Waals surface area contributed by atoms with Gasteiger partial charge in [-0.25, -0.2) is 4.39 Å². The molecular formula is C22H21FN2O2. The number of rotatable bonds is 3. The Bertz CT molecular complexity index is 1080. The van der Waals surface area contributed by atoms with Crippen LogP contribution in [0.3, 0.4) is 0 Å². The van der Waals surface area contributed by atoms with E-state index in [0.29, 0.717) is 11.4 Å². The molecule has 138 valence electrons. The summed E-state index contributed by atoms with van der Waals surface area (Å²) in [6, 6.07) is 11.2. The Morgan fingerprint density at radius 2 is 1.96 bits per heavy atom. The van der Waals surface area contributed by atoms with Gasteiger partial charge in [-0.3, -0.25) is 4.79 Å². The molecule has 5 rings (SSSR count). The molecule has 0 radical (unpaired) electrons. The highest BCUT2D eigenvalue weighted by Gasteiger charge is 2.25. The minimum Gasteiger partial charge on any atom is -0.381 e. The van der Waals surface area contributed by atoms with Gasteiger partial charge in [-0.1, -0.05) is 24.3 Å². The molecule has 2 N–H and O–H groups in total. The summed E-state index contributed by atoms with van der Waals surface area (Å²) in [4.78, 5) is 15.5. The fraction of sp³-hybridized carbons (Fsp3) is 0.318. The lowest BCUT2D eigenvalue weighted by atomic mass is 10.0. The predicted molar refractivity (Wildman–Crippen MR) is 103 cm³/mol. The number of H-pyrrole nitrogens is 1. The van der Waals surface area contributed by atoms with E-state index in [0.717, 1.165) is 61.2 Å². The molecule has 1 aliphatic carbocycles. The average Bonchev–Trinajstić information content (AvgIpc) is 3.06. The number of pyridine rings is 1. The van der Waals surface area contributed by atoms with Gasteiger partial charge in [-0.05, 0) is 47.1 Å². The minimum atomic E-state index is -0.384. The van der Waals surface area contributed by atoms with Gasteiger partial charge in [0.15, 0.2) is 0 Å². The molecule has 0 unspecified atom stereocenters. The summed E-state index contributed by atoms with van der Waals surface area (Å²) < 4.78 is 19.0. The van der Waals surface area contributed by atoms with Gasteiger partial charge in [0.2, 0.25) is 0 Å². The van der Waals surface area contributed by atoms with E-state index in [1.54, 1.807) is 6.07 Å². The Labute approximate surface area is 156 Å². The van der Waals surface area contributed by atoms with E-state index >= 15 is 0 Å². The van der Waals surface area contributed by atoms with E-state index in [1.807, 2.05) is 6.07 Å². The zero-order valence-corrected chi connectivity index (χ0v) is 15.0. The molecule has 1 saturated heterocycles. The number of aromatic amines is 1. The Morgan fingerprint density at radius 3 is 2.81 bits per heavy atom. The monoisotopic (exact) mass is 364 g/mol. The SMILES string of the molecule is O=c1[nH]c2c(c3ccc(F)cc13)Cc1c(CNC3CCOCC3)cccc1-2. The molecular weight excluding hydrogens is 343 g/mol. The molecule has 0 amide bonds. The molecule has 4 nitrogen and oxygen atoms in total. The summed E-state index contributed by atoms with van der Waals surface area (Å²) in [5.41, 5.74) is 5.31. The van der Waals surface area contributed by atoms with Crippen molar-refractivity contribution in [1.29, 1.82) is 0 Å². The summed E-state index contributed by atoms with van der Waals surface area (Å²) in [6.45, 7) is 2.44. The van der Waals surface area contributed by atoms with Crippen LogP contribution in [0.4, 0.5) is 4.39 Å². The quantitative estimate of drug-likeness (QED) is 0.585. The highest BCUT2D eigenvalue weighted by atomic mass is 19.1. The molecule has 5 heteroatoms. The van der Waals surface area contributed by atoms with Crippen LogP contribution in [0.2, 0.25) is 0 Å². The molecule has 27 heavy (non-hydrogen) atoms. The molecule has 1 aromatic heterocycles. The lowest BCUT2D eigenvalue weighted by Crippen LogP contribution is -2.34. The van der Waals surface area contributed by atoms with E-state index in [2.05, 4.69) is 22.4 Å². The first-order valence-corrected chi connectivity index (χ1v) is 9.47. The highest BCUT2D eigenvalue weighted by molar-refractivity contribution is 5.93. The van der Waals surface area contributed by atoms with E-state index in [1.165, 1.54) is 23.3 Å². The summed E-state index contributed by atoms with van der Waals surface area (Å²) in [5.74, 6) is -0.384. The van der Waals surface area contributed by atoms with Crippen molar-refractivity contribution in [3.63, 3.8) is 0 Å². The maximum Gasteiger partial charge on any atom is 0.256 e. The van der Waals surface area contributed by atoms with Gasteiger partial charge in [0, 0.05) is 37.8 Å². The summed E-state index contributed by atoms with van der Waals surface area (Å²) in [7, 11) is 0. The molecule has 0 saturated carbocycles. The third-order valence-electron chi connectivity index (χ3n) is 5.79. The van der Waals surface area contributed by atoms with Gasteiger partial charge in [-0.15, -0.1) is 0 Å². The molecule has 2 aromatic carbocycles. The first-order chi connectivity index (χ1) is 13.2. The smallest absolute Gasteiger partial charge is 0.256 e. The molecule has 1 aliphatic heterocycles. The van der Waals surface area contributed by atoms with Gasteiger partial charge in [0.25, 0.3) is 5.56 Å². The topological polar surface area (TPSA) is 54.1 Å². The number of nitrogens with one attached hydrogen (secondary N) is 2. The second-order valence-electron chi connectivity index (χ2n) is 7.39. The number of hydrogen-bond acceptors (Lipinski definition) is 3. The van der Waals surface area contributed by atoms with Crippen molar-refractivity contribution in [1.82, 2.24) is 10.3 Å². The van der Waals surface area contributed by atoms with E-state index < -0.39 is 0 Å². The third-order valence-corrected chi connectivity index (χ3v) is 5.79. The normalized spacial score (nSPS) is 16.5. The molecule has 1 fully saturated rings. The first kappa shape index (κ1) is 16.7. The minimum absolute atomic E-state index is 0.234. The van der Waals surface area contributed by atoms with Crippen molar-refractivity contribution >= 4 is 10.8 Å². The van der Waals surface area contributed by atoms with Crippen LogP contribution in [0, 0.1) is 5.82 Å². The van der Waals surface area contributed by atoms with E-state index in [-0.39, 0.29) is 11.4 Å². The van der Waals surface area contributed by atoms with Gasteiger partial charge < -0.3 is 15.0 Å².